The zero-order valence-corrected chi connectivity index (χ0v) is 35.4. The third-order valence-corrected chi connectivity index (χ3v) is 10.4. The first-order chi connectivity index (χ1) is 28.9. The lowest BCUT2D eigenvalue weighted by Gasteiger charge is -2.26. The molecule has 0 spiro atoms. The van der Waals surface area contributed by atoms with Crippen molar-refractivity contribution in [2.24, 2.45) is 9.98 Å². The van der Waals surface area contributed by atoms with Crippen LogP contribution in [0.4, 0.5) is 47.3 Å². The number of hydrogen-bond donors (Lipinski definition) is 6. The van der Waals surface area contributed by atoms with Crippen LogP contribution in [0.25, 0.3) is 0 Å². The van der Waals surface area contributed by atoms with Gasteiger partial charge in [-0.3, -0.25) is 9.98 Å². The standard InChI is InChI=1S/C46H52F6N6O4/c1-43(2,3)35-21-27(23-55-41(61)57-33-15-11-31(12-16-33)45(47,48)49)19-29(39(35)59)25-53-37-9-7-8-10-38(37)54-26-30-20-28(22-36(40(30)60)44(4,5)6)24-56-42(62)58-34-17-13-32(14-18-34)46(50,51)52/h11-22,25-26,37-38,59-60H,7-10,23-24H2,1-6H3,(H2,55,57,61)(H2,56,58,62)/t37-,38-/m1/s1. The van der Waals surface area contributed by atoms with Gasteiger partial charge in [0.15, 0.2) is 0 Å². The first-order valence-electron chi connectivity index (χ1n) is 20.1. The van der Waals surface area contributed by atoms with Crippen molar-refractivity contribution in [3.8, 4) is 11.5 Å². The van der Waals surface area contributed by atoms with Gasteiger partial charge in [0.2, 0.25) is 0 Å². The smallest absolute Gasteiger partial charge is 0.416 e. The van der Waals surface area contributed by atoms with E-state index in [1.807, 2.05) is 41.5 Å². The molecule has 1 aliphatic rings. The summed E-state index contributed by atoms with van der Waals surface area (Å²) in [4.78, 5) is 35.2. The van der Waals surface area contributed by atoms with Gasteiger partial charge in [0, 0.05) is 59.1 Å². The number of urea groups is 2. The van der Waals surface area contributed by atoms with Crippen LogP contribution in [-0.2, 0) is 36.3 Å². The van der Waals surface area contributed by atoms with Gasteiger partial charge >= 0.3 is 24.4 Å². The molecule has 1 fully saturated rings. The minimum atomic E-state index is -4.50. The van der Waals surface area contributed by atoms with Crippen molar-refractivity contribution in [1.82, 2.24) is 10.6 Å². The number of carbonyl (C=O) groups is 2. The SMILES string of the molecule is CC(C)(C)c1cc(CNC(=O)Nc2ccc(C(F)(F)F)cc2)cc(C=N[C@@H]2CCCC[C@H]2N=Cc2cc(CNC(=O)Nc3ccc(C(F)(F)F)cc3)cc(C(C)(C)C)c2O)c1O. The van der Waals surface area contributed by atoms with E-state index >= 15 is 0 Å². The number of phenolic OH excluding ortho intramolecular Hbond substituents is 2. The van der Waals surface area contributed by atoms with Crippen LogP contribution in [-0.4, -0.2) is 46.8 Å². The van der Waals surface area contributed by atoms with E-state index in [-0.39, 0.29) is 48.0 Å². The summed E-state index contributed by atoms with van der Waals surface area (Å²) in [7, 11) is 0. The van der Waals surface area contributed by atoms with Crippen LogP contribution in [0.3, 0.4) is 0 Å². The molecule has 2 atom stereocenters. The van der Waals surface area contributed by atoms with Gasteiger partial charge in [0.25, 0.3) is 0 Å². The number of aliphatic imine (C=N–C) groups is 2. The molecule has 62 heavy (non-hydrogen) atoms. The predicted molar refractivity (Wildman–Crippen MR) is 229 cm³/mol. The van der Waals surface area contributed by atoms with Crippen molar-refractivity contribution >= 4 is 35.9 Å². The number of alkyl halides is 6. The van der Waals surface area contributed by atoms with Gasteiger partial charge in [-0.05, 0) is 108 Å². The first kappa shape index (κ1) is 47.0. The molecule has 0 unspecified atom stereocenters. The molecule has 0 bridgehead atoms. The molecule has 0 aliphatic heterocycles. The lowest BCUT2D eigenvalue weighted by atomic mass is 9.84. The Balaban J connectivity index is 1.31. The summed E-state index contributed by atoms with van der Waals surface area (Å²) in [5.74, 6) is 0.0707. The average molecular weight is 867 g/mol. The van der Waals surface area contributed by atoms with Crippen LogP contribution in [0.15, 0.2) is 82.8 Å². The van der Waals surface area contributed by atoms with Crippen molar-refractivity contribution in [3.63, 3.8) is 0 Å². The van der Waals surface area contributed by atoms with E-state index in [9.17, 15) is 46.1 Å². The van der Waals surface area contributed by atoms with Crippen LogP contribution < -0.4 is 21.3 Å². The monoisotopic (exact) mass is 866 g/mol. The van der Waals surface area contributed by atoms with Gasteiger partial charge in [-0.15, -0.1) is 0 Å². The van der Waals surface area contributed by atoms with Gasteiger partial charge in [0.1, 0.15) is 11.5 Å². The Morgan fingerprint density at radius 3 is 1.24 bits per heavy atom. The molecule has 0 heterocycles. The Bertz CT molecular complexity index is 2120. The lowest BCUT2D eigenvalue weighted by Crippen LogP contribution is -2.28. The maximum atomic E-state index is 13.0. The Morgan fingerprint density at radius 1 is 0.597 bits per heavy atom. The first-order valence-corrected chi connectivity index (χ1v) is 20.1. The average Bonchev–Trinajstić information content (AvgIpc) is 3.18. The molecule has 0 radical (unpaired) electrons. The van der Waals surface area contributed by atoms with Crippen molar-refractivity contribution in [2.75, 3.05) is 10.6 Å². The number of aromatic hydroxyl groups is 2. The fraction of sp³-hybridized carbons (Fsp3) is 0.391. The van der Waals surface area contributed by atoms with E-state index in [0.29, 0.717) is 46.2 Å². The number of halogens is 6. The molecule has 4 aromatic carbocycles. The van der Waals surface area contributed by atoms with E-state index in [2.05, 4.69) is 21.3 Å². The highest BCUT2D eigenvalue weighted by atomic mass is 19.4. The van der Waals surface area contributed by atoms with Crippen LogP contribution in [0.1, 0.15) is 112 Å². The highest BCUT2D eigenvalue weighted by molar-refractivity contribution is 5.90. The summed E-state index contributed by atoms with van der Waals surface area (Å²) in [6, 6.07) is 13.4. The zero-order valence-electron chi connectivity index (χ0n) is 35.4. The number of anilines is 2. The predicted octanol–water partition coefficient (Wildman–Crippen LogP) is 11.2. The second-order valence-corrected chi connectivity index (χ2v) is 17.4. The van der Waals surface area contributed by atoms with Gasteiger partial charge in [-0.25, -0.2) is 9.59 Å². The van der Waals surface area contributed by atoms with Crippen molar-refractivity contribution < 1.29 is 46.1 Å². The number of carbonyl (C=O) groups excluding carboxylic acids is 2. The third kappa shape index (κ3) is 12.7. The fourth-order valence-electron chi connectivity index (χ4n) is 6.97. The van der Waals surface area contributed by atoms with E-state index in [4.69, 9.17) is 9.98 Å². The molecule has 4 amide bonds. The van der Waals surface area contributed by atoms with Gasteiger partial charge in [0.05, 0.1) is 23.2 Å². The number of hydrogen-bond acceptors (Lipinski definition) is 6. The molecule has 6 N–H and O–H groups in total. The fourth-order valence-corrected chi connectivity index (χ4v) is 6.97. The zero-order chi connectivity index (χ0) is 45.6. The molecule has 10 nitrogen and oxygen atoms in total. The topological polar surface area (TPSA) is 147 Å². The normalized spacial score (nSPS) is 16.4. The number of amides is 4. The molecule has 16 heteroatoms. The largest absolute Gasteiger partial charge is 0.507 e. The maximum Gasteiger partial charge on any atom is 0.416 e. The number of nitrogens with zero attached hydrogens (tertiary/aromatic N) is 2. The van der Waals surface area contributed by atoms with E-state index in [1.54, 1.807) is 36.7 Å². The Labute approximate surface area is 357 Å². The van der Waals surface area contributed by atoms with E-state index in [0.717, 1.165) is 37.1 Å². The molecule has 1 aliphatic carbocycles. The van der Waals surface area contributed by atoms with Gasteiger partial charge in [-0.2, -0.15) is 26.3 Å². The number of phenols is 2. The van der Waals surface area contributed by atoms with E-state index < -0.39 is 46.4 Å². The minimum absolute atomic E-state index is 0.0353. The van der Waals surface area contributed by atoms with E-state index in [1.165, 1.54) is 24.3 Å². The summed E-state index contributed by atoms with van der Waals surface area (Å²) < 4.78 is 77.7. The number of benzene rings is 4. The lowest BCUT2D eigenvalue weighted by molar-refractivity contribution is -0.138. The molecular weight excluding hydrogens is 815 g/mol. The minimum Gasteiger partial charge on any atom is -0.507 e. The summed E-state index contributed by atoms with van der Waals surface area (Å²) in [5, 5.41) is 33.3. The summed E-state index contributed by atoms with van der Waals surface area (Å²) in [6.45, 7) is 11.7. The van der Waals surface area contributed by atoms with Crippen LogP contribution in [0.2, 0.25) is 0 Å². The van der Waals surface area contributed by atoms with Crippen molar-refractivity contribution in [1.29, 1.82) is 0 Å². The Hall–Kier alpha value is -6.06. The van der Waals surface area contributed by atoms with Crippen LogP contribution in [0, 0.1) is 0 Å². The number of nitrogens with one attached hydrogen (secondary N) is 4. The quantitative estimate of drug-likeness (QED) is 0.0696. The maximum absolute atomic E-state index is 13.0. The van der Waals surface area contributed by atoms with Crippen molar-refractivity contribution in [3.05, 3.63) is 117 Å². The molecule has 332 valence electrons. The highest BCUT2D eigenvalue weighted by Gasteiger charge is 2.31. The Morgan fingerprint density at radius 2 is 0.935 bits per heavy atom. The molecule has 5 rings (SSSR count). The molecule has 0 aromatic heterocycles. The molecule has 4 aromatic rings. The van der Waals surface area contributed by atoms with Gasteiger partial charge in [-0.1, -0.05) is 54.4 Å². The summed E-state index contributed by atoms with van der Waals surface area (Å²) in [5.41, 5.74) is 1.15. The molecule has 1 saturated carbocycles. The second kappa shape index (κ2) is 18.9. The van der Waals surface area contributed by atoms with Crippen LogP contribution >= 0.6 is 0 Å². The summed E-state index contributed by atoms with van der Waals surface area (Å²) >= 11 is 0. The number of rotatable bonds is 10. The Kier molecular flexibility index (Phi) is 14.3. The highest BCUT2D eigenvalue weighted by Crippen LogP contribution is 2.37. The summed E-state index contributed by atoms with van der Waals surface area (Å²) in [6.07, 6.45) is -2.55. The van der Waals surface area contributed by atoms with Crippen molar-refractivity contribution in [2.45, 2.75) is 116 Å². The molecular formula is C46H52F6N6O4. The second-order valence-electron chi connectivity index (χ2n) is 17.4. The van der Waals surface area contributed by atoms with Crippen LogP contribution in [0.5, 0.6) is 11.5 Å². The third-order valence-electron chi connectivity index (χ3n) is 10.4. The van der Waals surface area contributed by atoms with Gasteiger partial charge < -0.3 is 31.5 Å². The molecule has 0 saturated heterocycles.